The number of carbonyl (C=O) groups excluding carboxylic acids is 1. The maximum absolute atomic E-state index is 12.5. The Bertz CT molecular complexity index is 897. The van der Waals surface area contributed by atoms with Crippen molar-refractivity contribution in [2.45, 2.75) is 24.9 Å². The summed E-state index contributed by atoms with van der Waals surface area (Å²) in [6.07, 6.45) is 3.21. The standard InChI is InChI=1S/C17H20N4O3S2/c1-20(12-7-9-26(23,24)11-12)16(22)10-25-17-19-14-5-3-2-4-13(14)15-6-8-18-21(15)17/h2-5,8,12,15H,6-7,9-11H2,1H3. The number of benzene rings is 1. The Morgan fingerprint density at radius 3 is 2.96 bits per heavy atom. The lowest BCUT2D eigenvalue weighted by Crippen LogP contribution is -2.39. The van der Waals surface area contributed by atoms with Crippen molar-refractivity contribution in [3.63, 3.8) is 0 Å². The van der Waals surface area contributed by atoms with Gasteiger partial charge in [-0.3, -0.25) is 4.79 Å². The minimum atomic E-state index is -3.01. The molecule has 3 aliphatic rings. The number of hydrogen-bond acceptors (Lipinski definition) is 7. The van der Waals surface area contributed by atoms with E-state index in [2.05, 4.69) is 16.2 Å². The van der Waals surface area contributed by atoms with Crippen LogP contribution >= 0.6 is 11.8 Å². The molecule has 2 atom stereocenters. The molecule has 1 saturated heterocycles. The van der Waals surface area contributed by atoms with Crippen molar-refractivity contribution in [3.05, 3.63) is 29.8 Å². The number of aliphatic imine (C=N–C) groups is 1. The molecular weight excluding hydrogens is 372 g/mol. The first-order valence-electron chi connectivity index (χ1n) is 8.53. The van der Waals surface area contributed by atoms with Gasteiger partial charge in [-0.2, -0.15) is 5.10 Å². The maximum Gasteiger partial charge on any atom is 0.233 e. The zero-order valence-corrected chi connectivity index (χ0v) is 16.0. The minimum Gasteiger partial charge on any atom is -0.341 e. The van der Waals surface area contributed by atoms with Crippen LogP contribution in [0.25, 0.3) is 0 Å². The number of para-hydroxylation sites is 1. The van der Waals surface area contributed by atoms with Crippen molar-refractivity contribution < 1.29 is 13.2 Å². The summed E-state index contributed by atoms with van der Waals surface area (Å²) in [6, 6.07) is 7.90. The van der Waals surface area contributed by atoms with Gasteiger partial charge in [-0.15, -0.1) is 0 Å². The SMILES string of the molecule is CN(C(=O)CSC1=Nc2ccccc2C2CC=NN12)C1CCS(=O)(=O)C1. The number of hydrazone groups is 1. The van der Waals surface area contributed by atoms with Gasteiger partial charge in [-0.1, -0.05) is 30.0 Å². The van der Waals surface area contributed by atoms with Crippen molar-refractivity contribution in [2.75, 3.05) is 24.3 Å². The third-order valence-corrected chi connectivity index (χ3v) is 7.69. The first-order valence-corrected chi connectivity index (χ1v) is 11.3. The lowest BCUT2D eigenvalue weighted by Gasteiger charge is -2.30. The number of amidine groups is 1. The first-order chi connectivity index (χ1) is 12.4. The second kappa shape index (κ2) is 6.70. The third kappa shape index (κ3) is 3.25. The highest BCUT2D eigenvalue weighted by Gasteiger charge is 2.35. The fourth-order valence-electron chi connectivity index (χ4n) is 3.49. The van der Waals surface area contributed by atoms with Crippen LogP contribution in [0.3, 0.4) is 0 Å². The number of thioether (sulfide) groups is 1. The van der Waals surface area contributed by atoms with E-state index in [0.717, 1.165) is 17.7 Å². The molecular formula is C17H20N4O3S2. The Hall–Kier alpha value is -1.87. The summed E-state index contributed by atoms with van der Waals surface area (Å²) in [7, 11) is -1.32. The summed E-state index contributed by atoms with van der Waals surface area (Å²) >= 11 is 1.35. The van der Waals surface area contributed by atoms with Crippen LogP contribution in [0.15, 0.2) is 34.4 Å². The zero-order valence-electron chi connectivity index (χ0n) is 14.4. The van der Waals surface area contributed by atoms with Gasteiger partial charge < -0.3 is 4.90 Å². The molecule has 1 aromatic rings. The fourth-order valence-corrected chi connectivity index (χ4v) is 6.19. The lowest BCUT2D eigenvalue weighted by atomic mass is 10.0. The molecule has 0 N–H and O–H groups in total. The van der Waals surface area contributed by atoms with Crippen LogP contribution < -0.4 is 0 Å². The number of carbonyl (C=O) groups is 1. The van der Waals surface area contributed by atoms with E-state index in [1.54, 1.807) is 11.9 Å². The molecule has 1 aromatic carbocycles. The second-order valence-corrected chi connectivity index (χ2v) is 9.87. The molecule has 3 aliphatic heterocycles. The highest BCUT2D eigenvalue weighted by molar-refractivity contribution is 8.14. The van der Waals surface area contributed by atoms with Crippen LogP contribution in [0, 0.1) is 0 Å². The molecule has 3 heterocycles. The molecule has 7 nitrogen and oxygen atoms in total. The fraction of sp³-hybridized carbons (Fsp3) is 0.471. The molecule has 9 heteroatoms. The topological polar surface area (TPSA) is 82.4 Å². The van der Waals surface area contributed by atoms with Gasteiger partial charge in [0, 0.05) is 31.3 Å². The molecule has 0 radical (unpaired) electrons. The number of nitrogens with zero attached hydrogens (tertiary/aromatic N) is 4. The lowest BCUT2D eigenvalue weighted by molar-refractivity contribution is -0.128. The number of amides is 1. The average Bonchev–Trinajstić information content (AvgIpc) is 3.25. The van der Waals surface area contributed by atoms with Gasteiger partial charge in [0.2, 0.25) is 5.91 Å². The van der Waals surface area contributed by atoms with Gasteiger partial charge in [0.1, 0.15) is 0 Å². The largest absolute Gasteiger partial charge is 0.341 e. The second-order valence-electron chi connectivity index (χ2n) is 6.70. The van der Waals surface area contributed by atoms with Gasteiger partial charge in [-0.25, -0.2) is 18.4 Å². The van der Waals surface area contributed by atoms with Crippen molar-refractivity contribution in [1.82, 2.24) is 9.91 Å². The van der Waals surface area contributed by atoms with E-state index in [0.29, 0.717) is 11.6 Å². The molecule has 0 spiro atoms. The van der Waals surface area contributed by atoms with E-state index in [9.17, 15) is 13.2 Å². The molecule has 4 rings (SSSR count). The zero-order chi connectivity index (χ0) is 18.3. The van der Waals surface area contributed by atoms with Crippen LogP contribution in [0.4, 0.5) is 5.69 Å². The van der Waals surface area contributed by atoms with E-state index in [1.165, 1.54) is 11.8 Å². The Kier molecular flexibility index (Phi) is 4.52. The molecule has 1 fully saturated rings. The van der Waals surface area contributed by atoms with E-state index >= 15 is 0 Å². The predicted octanol–water partition coefficient (Wildman–Crippen LogP) is 1.80. The van der Waals surface area contributed by atoms with E-state index in [1.807, 2.05) is 29.4 Å². The van der Waals surface area contributed by atoms with Gasteiger partial charge in [0.15, 0.2) is 15.0 Å². The molecule has 138 valence electrons. The van der Waals surface area contributed by atoms with Gasteiger partial charge in [-0.05, 0) is 12.5 Å². The molecule has 0 saturated carbocycles. The predicted molar refractivity (Wildman–Crippen MR) is 104 cm³/mol. The van der Waals surface area contributed by atoms with Crippen LogP contribution in [0.2, 0.25) is 0 Å². The Balaban J connectivity index is 1.45. The van der Waals surface area contributed by atoms with Crippen molar-refractivity contribution in [3.8, 4) is 0 Å². The number of hydrogen-bond donors (Lipinski definition) is 0. The number of sulfone groups is 1. The highest BCUT2D eigenvalue weighted by Crippen LogP contribution is 2.40. The van der Waals surface area contributed by atoms with Crippen LogP contribution in [-0.4, -0.2) is 66.0 Å². The van der Waals surface area contributed by atoms with Gasteiger partial charge >= 0.3 is 0 Å². The summed E-state index contributed by atoms with van der Waals surface area (Å²) in [5, 5.41) is 7.00. The van der Waals surface area contributed by atoms with E-state index in [-0.39, 0.29) is 35.2 Å². The first kappa shape index (κ1) is 17.5. The average molecular weight is 393 g/mol. The smallest absolute Gasteiger partial charge is 0.233 e. The molecule has 0 aliphatic carbocycles. The van der Waals surface area contributed by atoms with Crippen molar-refractivity contribution in [1.29, 1.82) is 0 Å². The summed E-state index contributed by atoms with van der Waals surface area (Å²) in [5.41, 5.74) is 2.07. The van der Waals surface area contributed by atoms with Crippen LogP contribution in [0.5, 0.6) is 0 Å². The Morgan fingerprint density at radius 2 is 2.19 bits per heavy atom. The molecule has 26 heavy (non-hydrogen) atoms. The number of rotatable bonds is 3. The van der Waals surface area contributed by atoms with Crippen LogP contribution in [0.1, 0.15) is 24.4 Å². The Labute approximate surface area is 157 Å². The summed E-state index contributed by atoms with van der Waals surface area (Å²) < 4.78 is 23.3. The van der Waals surface area contributed by atoms with E-state index in [4.69, 9.17) is 0 Å². The highest BCUT2D eigenvalue weighted by atomic mass is 32.2. The summed E-state index contributed by atoms with van der Waals surface area (Å²) in [5.74, 6) is 0.355. The van der Waals surface area contributed by atoms with Gasteiger partial charge in [0.25, 0.3) is 0 Å². The summed E-state index contributed by atoms with van der Waals surface area (Å²) in [6.45, 7) is 0. The molecule has 1 amide bonds. The van der Waals surface area contributed by atoms with E-state index < -0.39 is 9.84 Å². The van der Waals surface area contributed by atoms with Crippen molar-refractivity contribution in [2.24, 2.45) is 10.1 Å². The third-order valence-electron chi connectivity index (χ3n) is 5.01. The van der Waals surface area contributed by atoms with Crippen LogP contribution in [-0.2, 0) is 14.6 Å². The quantitative estimate of drug-likeness (QED) is 0.783. The molecule has 2 unspecified atom stereocenters. The normalized spacial score (nSPS) is 25.6. The van der Waals surface area contributed by atoms with Crippen molar-refractivity contribution >= 4 is 44.6 Å². The maximum atomic E-state index is 12.5. The molecule has 0 bridgehead atoms. The monoisotopic (exact) mass is 392 g/mol. The number of fused-ring (bicyclic) bond motifs is 3. The van der Waals surface area contributed by atoms with Gasteiger partial charge in [0.05, 0.1) is 29.0 Å². The minimum absolute atomic E-state index is 0.0622. The molecule has 0 aromatic heterocycles. The summed E-state index contributed by atoms with van der Waals surface area (Å²) in [4.78, 5) is 18.8. The Morgan fingerprint density at radius 1 is 1.38 bits per heavy atom.